The molecule has 114 valence electrons. The number of benzene rings is 1. The van der Waals surface area contributed by atoms with E-state index in [0.717, 1.165) is 25.3 Å². The number of nitrogens with one attached hydrogen (secondary N) is 1. The number of amides is 1. The lowest BCUT2D eigenvalue weighted by Crippen LogP contribution is -2.38. The van der Waals surface area contributed by atoms with E-state index in [1.807, 2.05) is 18.2 Å². The number of rotatable bonds is 6. The molecule has 1 aliphatic carbocycles. The predicted molar refractivity (Wildman–Crippen MR) is 84.8 cm³/mol. The molecule has 0 spiro atoms. The second-order valence-electron chi connectivity index (χ2n) is 6.45. The Labute approximate surface area is 127 Å². The summed E-state index contributed by atoms with van der Waals surface area (Å²) in [6.07, 6.45) is 7.30. The summed E-state index contributed by atoms with van der Waals surface area (Å²) in [7, 11) is 0. The van der Waals surface area contributed by atoms with E-state index in [2.05, 4.69) is 29.3 Å². The monoisotopic (exact) mass is 286 g/mol. The van der Waals surface area contributed by atoms with Crippen LogP contribution in [0.2, 0.25) is 0 Å². The van der Waals surface area contributed by atoms with Crippen molar-refractivity contribution in [2.24, 2.45) is 5.92 Å². The highest BCUT2D eigenvalue weighted by atomic mass is 16.2. The molecule has 2 atom stereocenters. The molecule has 0 aromatic heterocycles. The SMILES string of the molecule is CCC1NC(Cc2ccccc2)C(=O)N1CCC1CCC1. The standard InChI is InChI=1S/C18H26N2O/c1-2-17-19-16(13-15-7-4-3-5-8-15)18(21)20(17)12-11-14-9-6-10-14/h3-5,7-8,14,16-17,19H,2,6,9-13H2,1H3. The fourth-order valence-electron chi connectivity index (χ4n) is 3.45. The third kappa shape index (κ3) is 3.29. The smallest absolute Gasteiger partial charge is 0.241 e. The number of nitrogens with zero attached hydrogens (tertiary/aromatic N) is 1. The summed E-state index contributed by atoms with van der Waals surface area (Å²) in [5, 5.41) is 3.53. The van der Waals surface area contributed by atoms with E-state index in [0.29, 0.717) is 5.91 Å². The first-order chi connectivity index (χ1) is 10.3. The lowest BCUT2D eigenvalue weighted by atomic mass is 9.83. The van der Waals surface area contributed by atoms with Crippen LogP contribution in [0.15, 0.2) is 30.3 Å². The minimum Gasteiger partial charge on any atom is -0.326 e. The predicted octanol–water partition coefficient (Wildman–Crippen LogP) is 2.96. The van der Waals surface area contributed by atoms with Crippen molar-refractivity contribution in [1.82, 2.24) is 10.2 Å². The molecule has 1 aromatic rings. The first-order valence-electron chi connectivity index (χ1n) is 8.38. The van der Waals surface area contributed by atoms with E-state index < -0.39 is 0 Å². The van der Waals surface area contributed by atoms with Gasteiger partial charge in [0, 0.05) is 6.54 Å². The number of hydrogen-bond donors (Lipinski definition) is 1. The van der Waals surface area contributed by atoms with Crippen molar-refractivity contribution in [2.45, 2.75) is 57.7 Å². The molecular formula is C18H26N2O. The van der Waals surface area contributed by atoms with E-state index in [1.54, 1.807) is 0 Å². The number of hydrogen-bond acceptors (Lipinski definition) is 2. The Morgan fingerprint density at radius 3 is 2.62 bits per heavy atom. The van der Waals surface area contributed by atoms with E-state index >= 15 is 0 Å². The normalized spacial score (nSPS) is 26.1. The van der Waals surface area contributed by atoms with Crippen LogP contribution in [0.4, 0.5) is 0 Å². The lowest BCUT2D eigenvalue weighted by Gasteiger charge is -2.29. The Hall–Kier alpha value is -1.35. The largest absolute Gasteiger partial charge is 0.326 e. The molecule has 1 N–H and O–H groups in total. The van der Waals surface area contributed by atoms with Crippen LogP contribution in [-0.4, -0.2) is 29.6 Å². The lowest BCUT2D eigenvalue weighted by molar-refractivity contribution is -0.130. The fourth-order valence-corrected chi connectivity index (χ4v) is 3.45. The molecule has 1 heterocycles. The molecule has 2 aliphatic rings. The number of carbonyl (C=O) groups excluding carboxylic acids is 1. The van der Waals surface area contributed by atoms with Gasteiger partial charge in [-0.3, -0.25) is 10.1 Å². The number of carbonyl (C=O) groups is 1. The van der Waals surface area contributed by atoms with Crippen LogP contribution in [0.5, 0.6) is 0 Å². The molecule has 1 saturated heterocycles. The minimum absolute atomic E-state index is 0.0428. The molecule has 3 nitrogen and oxygen atoms in total. The molecule has 0 bridgehead atoms. The van der Waals surface area contributed by atoms with Crippen LogP contribution in [-0.2, 0) is 11.2 Å². The molecule has 0 radical (unpaired) electrons. The van der Waals surface area contributed by atoms with Crippen LogP contribution in [0.25, 0.3) is 0 Å². The van der Waals surface area contributed by atoms with E-state index in [-0.39, 0.29) is 12.2 Å². The van der Waals surface area contributed by atoms with Crippen LogP contribution in [0.1, 0.15) is 44.6 Å². The Morgan fingerprint density at radius 2 is 2.00 bits per heavy atom. The Balaban J connectivity index is 1.60. The summed E-state index contributed by atoms with van der Waals surface area (Å²) in [5.41, 5.74) is 1.24. The average Bonchev–Trinajstić information content (AvgIpc) is 2.75. The molecule has 1 aliphatic heterocycles. The van der Waals surface area contributed by atoms with Gasteiger partial charge in [0.2, 0.25) is 5.91 Å². The molecular weight excluding hydrogens is 260 g/mol. The van der Waals surface area contributed by atoms with Gasteiger partial charge in [0.1, 0.15) is 0 Å². The van der Waals surface area contributed by atoms with Gasteiger partial charge in [-0.25, -0.2) is 0 Å². The third-order valence-corrected chi connectivity index (χ3v) is 5.02. The van der Waals surface area contributed by atoms with Gasteiger partial charge < -0.3 is 4.90 Å². The highest BCUT2D eigenvalue weighted by Gasteiger charge is 2.37. The molecule has 2 unspecified atom stereocenters. The molecule has 1 amide bonds. The summed E-state index contributed by atoms with van der Waals surface area (Å²) < 4.78 is 0. The maximum atomic E-state index is 12.7. The fraction of sp³-hybridized carbons (Fsp3) is 0.611. The highest BCUT2D eigenvalue weighted by molar-refractivity contribution is 5.84. The third-order valence-electron chi connectivity index (χ3n) is 5.02. The molecule has 1 saturated carbocycles. The molecule has 3 heteroatoms. The van der Waals surface area contributed by atoms with Crippen molar-refractivity contribution in [3.8, 4) is 0 Å². The Morgan fingerprint density at radius 1 is 1.24 bits per heavy atom. The molecule has 21 heavy (non-hydrogen) atoms. The zero-order valence-corrected chi connectivity index (χ0v) is 12.9. The zero-order valence-electron chi connectivity index (χ0n) is 12.9. The summed E-state index contributed by atoms with van der Waals surface area (Å²) in [6.45, 7) is 3.09. The zero-order chi connectivity index (χ0) is 14.7. The molecule has 3 rings (SSSR count). The first kappa shape index (κ1) is 14.6. The Bertz CT molecular complexity index is 469. The van der Waals surface area contributed by atoms with Crippen molar-refractivity contribution in [3.05, 3.63) is 35.9 Å². The minimum atomic E-state index is -0.0428. The second kappa shape index (κ2) is 6.61. The summed E-state index contributed by atoms with van der Waals surface area (Å²) in [5.74, 6) is 1.16. The van der Waals surface area contributed by atoms with Gasteiger partial charge in [0.25, 0.3) is 0 Å². The van der Waals surface area contributed by atoms with Crippen LogP contribution in [0, 0.1) is 5.92 Å². The summed E-state index contributed by atoms with van der Waals surface area (Å²) in [6, 6.07) is 10.3. The van der Waals surface area contributed by atoms with Crippen molar-refractivity contribution in [3.63, 3.8) is 0 Å². The summed E-state index contributed by atoms with van der Waals surface area (Å²) >= 11 is 0. The van der Waals surface area contributed by atoms with Crippen molar-refractivity contribution in [1.29, 1.82) is 0 Å². The average molecular weight is 286 g/mol. The quantitative estimate of drug-likeness (QED) is 0.872. The maximum Gasteiger partial charge on any atom is 0.241 e. The van der Waals surface area contributed by atoms with Crippen LogP contribution >= 0.6 is 0 Å². The van der Waals surface area contributed by atoms with Crippen LogP contribution in [0.3, 0.4) is 0 Å². The topological polar surface area (TPSA) is 32.3 Å². The van der Waals surface area contributed by atoms with Gasteiger partial charge >= 0.3 is 0 Å². The van der Waals surface area contributed by atoms with Gasteiger partial charge in [-0.05, 0) is 30.7 Å². The molecule has 2 fully saturated rings. The summed E-state index contributed by atoms with van der Waals surface area (Å²) in [4.78, 5) is 14.8. The van der Waals surface area contributed by atoms with E-state index in [9.17, 15) is 4.79 Å². The highest BCUT2D eigenvalue weighted by Crippen LogP contribution is 2.30. The van der Waals surface area contributed by atoms with E-state index in [4.69, 9.17) is 0 Å². The van der Waals surface area contributed by atoms with Gasteiger partial charge in [0.05, 0.1) is 12.2 Å². The van der Waals surface area contributed by atoms with Gasteiger partial charge in [-0.2, -0.15) is 0 Å². The molecule has 1 aromatic carbocycles. The van der Waals surface area contributed by atoms with Gasteiger partial charge in [-0.15, -0.1) is 0 Å². The second-order valence-corrected chi connectivity index (χ2v) is 6.45. The van der Waals surface area contributed by atoms with Crippen molar-refractivity contribution in [2.75, 3.05) is 6.54 Å². The van der Waals surface area contributed by atoms with Crippen LogP contribution < -0.4 is 5.32 Å². The van der Waals surface area contributed by atoms with Crippen molar-refractivity contribution < 1.29 is 4.79 Å². The van der Waals surface area contributed by atoms with Crippen molar-refractivity contribution >= 4 is 5.91 Å². The maximum absolute atomic E-state index is 12.7. The van der Waals surface area contributed by atoms with E-state index in [1.165, 1.54) is 31.2 Å². The van der Waals surface area contributed by atoms with Gasteiger partial charge in [-0.1, -0.05) is 56.5 Å². The van der Waals surface area contributed by atoms with Gasteiger partial charge in [0.15, 0.2) is 0 Å². The Kier molecular flexibility index (Phi) is 4.59. The first-order valence-corrected chi connectivity index (χ1v) is 8.38.